The number of rotatable bonds is 7. The second-order valence-electron chi connectivity index (χ2n) is 9.05. The smallest absolute Gasteiger partial charge is 0.251 e. The monoisotopic (exact) mass is 620 g/mol. The van der Waals surface area contributed by atoms with Gasteiger partial charge < -0.3 is 0 Å². The molecule has 2 atom stereocenters. The normalized spacial score (nSPS) is 17.0. The number of sulfonamides is 1. The van der Waals surface area contributed by atoms with Crippen molar-refractivity contribution < 1.29 is 25.8 Å². The molecule has 7 nitrogen and oxygen atoms in total. The zero-order chi connectivity index (χ0) is 29.6. The van der Waals surface area contributed by atoms with Gasteiger partial charge in [-0.1, -0.05) is 54.1 Å². The van der Waals surface area contributed by atoms with Gasteiger partial charge in [0.25, 0.3) is 10.0 Å². The maximum Gasteiger partial charge on any atom is 0.416 e. The van der Waals surface area contributed by atoms with E-state index in [-0.39, 0.29) is 36.2 Å². The fraction of sp³-hybridized carbons (Fsp3) is 0.250. The van der Waals surface area contributed by atoms with Gasteiger partial charge in [-0.15, -0.1) is 4.40 Å². The number of nitriles is 1. The number of amidine groups is 1. The van der Waals surface area contributed by atoms with Crippen LogP contribution >= 0.6 is 11.6 Å². The van der Waals surface area contributed by atoms with Crippen LogP contribution in [0.25, 0.3) is 0 Å². The highest BCUT2D eigenvalue weighted by Crippen LogP contribution is 2.32. The largest absolute Gasteiger partial charge is 0.416 e. The molecule has 3 aromatic rings. The first-order chi connectivity index (χ1) is 19.5. The molecule has 1 aliphatic heterocycles. The van der Waals surface area contributed by atoms with Crippen molar-refractivity contribution in [3.63, 3.8) is 0 Å². The van der Waals surface area contributed by atoms with E-state index in [0.717, 1.165) is 17.7 Å². The number of hydrazone groups is 1. The molecule has 0 amide bonds. The van der Waals surface area contributed by atoms with Gasteiger partial charge in [-0.2, -0.15) is 32.0 Å². The van der Waals surface area contributed by atoms with Crippen molar-refractivity contribution in [2.24, 2.45) is 9.50 Å². The Bertz CT molecular complexity index is 1600. The van der Waals surface area contributed by atoms with Crippen molar-refractivity contribution in [3.05, 3.63) is 101 Å². The van der Waals surface area contributed by atoms with E-state index in [1.54, 1.807) is 24.3 Å². The van der Waals surface area contributed by atoms with Gasteiger partial charge >= 0.3 is 6.18 Å². The number of hydrogen-bond donors (Lipinski definition) is 0. The Morgan fingerprint density at radius 2 is 1.73 bits per heavy atom. The number of nitrogens with zero attached hydrogens (tertiary/aromatic N) is 4. The number of alkyl halides is 3. The van der Waals surface area contributed by atoms with Crippen molar-refractivity contribution >= 4 is 43.3 Å². The maximum atomic E-state index is 13.4. The van der Waals surface area contributed by atoms with Crippen molar-refractivity contribution in [2.75, 3.05) is 12.3 Å². The van der Waals surface area contributed by atoms with Crippen LogP contribution < -0.4 is 0 Å². The van der Waals surface area contributed by atoms with Crippen LogP contribution in [0.1, 0.15) is 41.9 Å². The first kappa shape index (κ1) is 30.4. The SMILES string of the molecule is N#CCCCS(=O)C(=NS(=O)(=O)c1ccc(C(F)(F)F)cc1)N1CCC(c2ccccc2)C(c2ccc(Cl)cc2)=N1. The molecule has 0 aromatic heterocycles. The Morgan fingerprint density at radius 3 is 2.34 bits per heavy atom. The number of unbranched alkanes of at least 4 members (excludes halogenated alkanes) is 1. The lowest BCUT2D eigenvalue weighted by molar-refractivity contribution is -0.137. The molecule has 0 spiro atoms. The molecular weight excluding hydrogens is 597 g/mol. The maximum absolute atomic E-state index is 13.4. The van der Waals surface area contributed by atoms with Crippen LogP contribution in [-0.4, -0.2) is 40.8 Å². The molecule has 2 unspecified atom stereocenters. The van der Waals surface area contributed by atoms with Crippen LogP contribution in [0, 0.1) is 11.3 Å². The topological polar surface area (TPSA) is 103 Å². The standard InChI is InChI=1S/C28H24ClF3N4O3S2/c29-23-12-8-21(9-13-23)26-25(20-6-2-1-3-7-20)16-18-36(34-26)27(40(37)19-5-4-17-33)35-41(38,39)24-14-10-22(11-15-24)28(30,31)32/h1-3,6-15,25H,4-5,16,18-19H2. The van der Waals surface area contributed by atoms with Gasteiger partial charge in [-0.25, -0.2) is 5.01 Å². The van der Waals surface area contributed by atoms with Gasteiger partial charge in [-0.05, 0) is 60.4 Å². The predicted octanol–water partition coefficient (Wildman–Crippen LogP) is 6.35. The fourth-order valence-corrected chi connectivity index (χ4v) is 6.81. The summed E-state index contributed by atoms with van der Waals surface area (Å²) in [5, 5.41) is 15.0. The second-order valence-corrected chi connectivity index (χ2v) is 12.6. The van der Waals surface area contributed by atoms with E-state index in [9.17, 15) is 25.8 Å². The number of hydrogen-bond acceptors (Lipinski definition) is 5. The lowest BCUT2D eigenvalue weighted by Crippen LogP contribution is -2.38. The third-order valence-corrected chi connectivity index (χ3v) is 9.27. The summed E-state index contributed by atoms with van der Waals surface area (Å²) in [5.74, 6) is -0.229. The number of halogens is 4. The van der Waals surface area contributed by atoms with E-state index in [1.165, 1.54) is 5.01 Å². The third-order valence-electron chi connectivity index (χ3n) is 6.25. The van der Waals surface area contributed by atoms with E-state index in [2.05, 4.69) is 4.40 Å². The molecule has 0 saturated heterocycles. The molecule has 0 saturated carbocycles. The molecule has 1 aliphatic rings. The minimum Gasteiger partial charge on any atom is -0.251 e. The summed E-state index contributed by atoms with van der Waals surface area (Å²) in [7, 11) is -6.55. The Kier molecular flexibility index (Phi) is 9.63. The van der Waals surface area contributed by atoms with E-state index >= 15 is 0 Å². The van der Waals surface area contributed by atoms with Crippen molar-refractivity contribution in [2.45, 2.75) is 36.3 Å². The Morgan fingerprint density at radius 1 is 1.07 bits per heavy atom. The summed E-state index contributed by atoms with van der Waals surface area (Å²) in [6.07, 6.45) is -3.86. The fourth-order valence-electron chi connectivity index (χ4n) is 4.22. The summed E-state index contributed by atoms with van der Waals surface area (Å²) in [6.45, 7) is 0.169. The van der Waals surface area contributed by atoms with Crippen molar-refractivity contribution in [3.8, 4) is 6.07 Å². The highest BCUT2D eigenvalue weighted by molar-refractivity contribution is 8.02. The molecule has 3 aromatic carbocycles. The van der Waals surface area contributed by atoms with Gasteiger partial charge in [-0.3, -0.25) is 4.21 Å². The molecule has 0 aliphatic carbocycles. The Balaban J connectivity index is 1.79. The summed E-state index contributed by atoms with van der Waals surface area (Å²) in [4.78, 5) is -0.488. The molecule has 214 valence electrons. The zero-order valence-corrected chi connectivity index (χ0v) is 23.8. The first-order valence-electron chi connectivity index (χ1n) is 12.4. The highest BCUT2D eigenvalue weighted by Gasteiger charge is 2.33. The molecule has 0 N–H and O–H groups in total. The second kappa shape index (κ2) is 13.0. The third kappa shape index (κ3) is 7.61. The summed E-state index contributed by atoms with van der Waals surface area (Å²) >= 11 is 6.09. The van der Waals surface area contributed by atoms with Gasteiger partial charge in [0.15, 0.2) is 0 Å². The summed E-state index contributed by atoms with van der Waals surface area (Å²) in [5.41, 5.74) is 1.26. The highest BCUT2D eigenvalue weighted by atomic mass is 35.5. The van der Waals surface area contributed by atoms with Crippen LogP contribution in [0.2, 0.25) is 5.02 Å². The molecular formula is C28H24ClF3N4O3S2. The van der Waals surface area contributed by atoms with Crippen LogP contribution in [0.4, 0.5) is 13.2 Å². The van der Waals surface area contributed by atoms with Crippen LogP contribution in [0.3, 0.4) is 0 Å². The molecule has 0 radical (unpaired) electrons. The number of benzene rings is 3. The lowest BCUT2D eigenvalue weighted by Gasteiger charge is -2.31. The minimum absolute atomic E-state index is 0.0562. The molecule has 0 fully saturated rings. The zero-order valence-electron chi connectivity index (χ0n) is 21.5. The summed E-state index contributed by atoms with van der Waals surface area (Å²) in [6, 6.07) is 21.4. The minimum atomic E-state index is -4.64. The lowest BCUT2D eigenvalue weighted by atomic mass is 9.86. The molecule has 41 heavy (non-hydrogen) atoms. The van der Waals surface area contributed by atoms with Crippen LogP contribution in [0.5, 0.6) is 0 Å². The Hall–Kier alpha value is -3.53. The molecule has 0 bridgehead atoms. The Labute approximate surface area is 243 Å². The summed E-state index contributed by atoms with van der Waals surface area (Å²) < 4.78 is 82.7. The van der Waals surface area contributed by atoms with Gasteiger partial charge in [0, 0.05) is 29.7 Å². The predicted molar refractivity (Wildman–Crippen MR) is 152 cm³/mol. The van der Waals surface area contributed by atoms with Gasteiger partial charge in [0.2, 0.25) is 5.17 Å². The van der Waals surface area contributed by atoms with E-state index in [0.29, 0.717) is 34.9 Å². The molecule has 4 rings (SSSR count). The molecule has 1 heterocycles. The average Bonchev–Trinajstić information content (AvgIpc) is 2.96. The average molecular weight is 621 g/mol. The van der Waals surface area contributed by atoms with Gasteiger partial charge in [0.1, 0.15) is 0 Å². The first-order valence-corrected chi connectivity index (χ1v) is 15.6. The molecule has 13 heteroatoms. The van der Waals surface area contributed by atoms with Gasteiger partial charge in [0.05, 0.1) is 33.0 Å². The quantitative estimate of drug-likeness (QED) is 0.174. The van der Waals surface area contributed by atoms with E-state index < -0.39 is 37.5 Å². The van der Waals surface area contributed by atoms with Crippen molar-refractivity contribution in [1.82, 2.24) is 5.01 Å². The van der Waals surface area contributed by atoms with E-state index in [4.69, 9.17) is 22.0 Å². The van der Waals surface area contributed by atoms with E-state index in [1.807, 2.05) is 36.4 Å². The van der Waals surface area contributed by atoms with Crippen LogP contribution in [-0.2, 0) is 27.0 Å². The van der Waals surface area contributed by atoms with Crippen LogP contribution in [0.15, 0.2) is 93.3 Å². The van der Waals surface area contributed by atoms with Crippen molar-refractivity contribution in [1.29, 1.82) is 5.26 Å².